The van der Waals surface area contributed by atoms with E-state index in [1.54, 1.807) is 36.6 Å². The monoisotopic (exact) mass is 339 g/mol. The first kappa shape index (κ1) is 17.6. The van der Waals surface area contributed by atoms with Gasteiger partial charge < -0.3 is 19.7 Å². The van der Waals surface area contributed by atoms with Gasteiger partial charge in [-0.3, -0.25) is 0 Å². The molecule has 1 aliphatic rings. The van der Waals surface area contributed by atoms with Gasteiger partial charge in [-0.2, -0.15) is 0 Å². The van der Waals surface area contributed by atoms with Gasteiger partial charge in [0.1, 0.15) is 23.7 Å². The van der Waals surface area contributed by atoms with Crippen molar-refractivity contribution in [2.24, 2.45) is 5.11 Å². The molecule has 1 aromatic carbocycles. The number of carbonyl (C=O) groups is 1. The third kappa shape index (κ3) is 3.95. The molecule has 124 valence electrons. The average molecular weight is 339 g/mol. The summed E-state index contributed by atoms with van der Waals surface area (Å²) in [6.45, 7) is -0.435. The number of thioether (sulfide) groups is 1. The minimum Gasteiger partial charge on any atom is -0.455 e. The van der Waals surface area contributed by atoms with Gasteiger partial charge in [0.05, 0.1) is 18.3 Å². The summed E-state index contributed by atoms with van der Waals surface area (Å²) in [5.74, 6) is -0.606. The number of esters is 1. The lowest BCUT2D eigenvalue weighted by Crippen LogP contribution is -2.58. The molecular weight excluding hydrogens is 322 g/mol. The second kappa shape index (κ2) is 8.19. The van der Waals surface area contributed by atoms with Gasteiger partial charge in [0.2, 0.25) is 0 Å². The summed E-state index contributed by atoms with van der Waals surface area (Å²) in [6, 6.07) is 7.30. The molecule has 2 unspecified atom stereocenters. The van der Waals surface area contributed by atoms with Crippen LogP contribution >= 0.6 is 11.8 Å². The Kier molecular flexibility index (Phi) is 6.26. The number of hydrogen-bond acceptors (Lipinski definition) is 7. The molecule has 0 amide bonds. The molecule has 1 aliphatic heterocycles. The summed E-state index contributed by atoms with van der Waals surface area (Å²) in [4.78, 5) is 14.9. The van der Waals surface area contributed by atoms with Crippen molar-refractivity contribution >= 4 is 17.7 Å². The summed E-state index contributed by atoms with van der Waals surface area (Å²) in [5.41, 5.74) is 8.39. The van der Waals surface area contributed by atoms with E-state index in [1.807, 2.05) is 0 Å². The number of aliphatic hydroxyl groups excluding tert-OH is 2. The summed E-state index contributed by atoms with van der Waals surface area (Å²) in [6.07, 6.45) is -1.42. The van der Waals surface area contributed by atoms with Gasteiger partial charge >= 0.3 is 5.97 Å². The van der Waals surface area contributed by atoms with Crippen LogP contribution < -0.4 is 0 Å². The van der Waals surface area contributed by atoms with Gasteiger partial charge in [-0.05, 0) is 23.9 Å². The zero-order chi connectivity index (χ0) is 16.8. The van der Waals surface area contributed by atoms with E-state index in [4.69, 9.17) is 15.0 Å². The molecule has 2 N–H and O–H groups in total. The zero-order valence-corrected chi connectivity index (χ0v) is 13.2. The molecule has 9 heteroatoms. The van der Waals surface area contributed by atoms with Crippen molar-refractivity contribution in [1.29, 1.82) is 0 Å². The van der Waals surface area contributed by atoms with Gasteiger partial charge in [-0.15, -0.1) is 11.8 Å². The van der Waals surface area contributed by atoms with E-state index in [-0.39, 0.29) is 0 Å². The van der Waals surface area contributed by atoms with Crippen molar-refractivity contribution in [3.8, 4) is 0 Å². The van der Waals surface area contributed by atoms with Gasteiger partial charge in [0, 0.05) is 4.91 Å². The minimum atomic E-state index is -1.27. The smallest absolute Gasteiger partial charge is 0.338 e. The SMILES string of the molecule is CS[C@@H]1OC(CO)[C@@H](O)[C@H](N=[N+]=[N-])C1OC(=O)c1ccccc1. The van der Waals surface area contributed by atoms with Crippen LogP contribution in [0.2, 0.25) is 0 Å². The van der Waals surface area contributed by atoms with Crippen molar-refractivity contribution in [2.75, 3.05) is 12.9 Å². The number of hydrogen-bond donors (Lipinski definition) is 2. The second-order valence-corrected chi connectivity index (χ2v) is 5.82. The molecule has 1 heterocycles. The normalized spacial score (nSPS) is 30.3. The highest BCUT2D eigenvalue weighted by Crippen LogP contribution is 2.31. The number of ether oxygens (including phenoxy) is 2. The van der Waals surface area contributed by atoms with Crippen molar-refractivity contribution in [1.82, 2.24) is 0 Å². The maximum atomic E-state index is 12.2. The Morgan fingerprint density at radius 3 is 2.74 bits per heavy atom. The van der Waals surface area contributed by atoms with E-state index in [1.165, 1.54) is 11.8 Å². The first-order valence-corrected chi connectivity index (χ1v) is 8.18. The van der Waals surface area contributed by atoms with Crippen LogP contribution in [0, 0.1) is 0 Å². The average Bonchev–Trinajstić information content (AvgIpc) is 2.59. The number of azide groups is 1. The molecule has 1 saturated heterocycles. The topological polar surface area (TPSA) is 125 Å². The highest BCUT2D eigenvalue weighted by atomic mass is 32.2. The lowest BCUT2D eigenvalue weighted by molar-refractivity contribution is -0.161. The van der Waals surface area contributed by atoms with Crippen LogP contribution in [-0.2, 0) is 9.47 Å². The standard InChI is InChI=1S/C14H17N3O5S/c1-23-14-12(22-13(20)8-5-3-2-4-6-8)10(16-17-15)11(19)9(7-18)21-14/h2-6,9-12,14,18-19H,7H2,1H3/t9?,10-,11+,12?,14-/m0/s1. The Hall–Kier alpha value is -1.77. The maximum absolute atomic E-state index is 12.2. The molecular formula is C14H17N3O5S. The second-order valence-electron chi connectivity index (χ2n) is 4.88. The fraction of sp³-hybridized carbons (Fsp3) is 0.500. The fourth-order valence-electron chi connectivity index (χ4n) is 2.33. The van der Waals surface area contributed by atoms with E-state index in [9.17, 15) is 15.0 Å². The number of benzene rings is 1. The quantitative estimate of drug-likeness (QED) is 0.361. The molecule has 0 aromatic heterocycles. The molecule has 0 spiro atoms. The van der Waals surface area contributed by atoms with E-state index >= 15 is 0 Å². The lowest BCUT2D eigenvalue weighted by atomic mass is 9.98. The lowest BCUT2D eigenvalue weighted by Gasteiger charge is -2.41. The van der Waals surface area contributed by atoms with E-state index in [0.717, 1.165) is 0 Å². The number of aliphatic hydroxyl groups is 2. The predicted octanol–water partition coefficient (Wildman–Crippen LogP) is 1.33. The molecule has 2 rings (SSSR count). The largest absolute Gasteiger partial charge is 0.455 e. The van der Waals surface area contributed by atoms with Crippen LogP contribution in [0.3, 0.4) is 0 Å². The first-order valence-electron chi connectivity index (χ1n) is 6.89. The molecule has 0 bridgehead atoms. The van der Waals surface area contributed by atoms with Crippen LogP contribution in [-0.4, -0.2) is 58.8 Å². The molecule has 8 nitrogen and oxygen atoms in total. The van der Waals surface area contributed by atoms with E-state index < -0.39 is 42.4 Å². The van der Waals surface area contributed by atoms with Crippen LogP contribution in [0.1, 0.15) is 10.4 Å². The Morgan fingerprint density at radius 2 is 2.17 bits per heavy atom. The van der Waals surface area contributed by atoms with Crippen molar-refractivity contribution in [2.45, 2.75) is 29.8 Å². The van der Waals surface area contributed by atoms with E-state index in [2.05, 4.69) is 10.0 Å². The molecule has 0 saturated carbocycles. The van der Waals surface area contributed by atoms with Crippen LogP contribution in [0.25, 0.3) is 10.4 Å². The minimum absolute atomic E-state index is 0.339. The highest BCUT2D eigenvalue weighted by Gasteiger charge is 2.46. The van der Waals surface area contributed by atoms with Gasteiger partial charge in [-0.25, -0.2) is 4.79 Å². The van der Waals surface area contributed by atoms with E-state index in [0.29, 0.717) is 5.56 Å². The Bertz CT molecular complexity index is 581. The van der Waals surface area contributed by atoms with Crippen molar-refractivity contribution in [3.63, 3.8) is 0 Å². The third-order valence-corrected chi connectivity index (χ3v) is 4.34. The van der Waals surface area contributed by atoms with Gasteiger partial charge in [-0.1, -0.05) is 23.3 Å². The number of carbonyl (C=O) groups excluding carboxylic acids is 1. The van der Waals surface area contributed by atoms with Gasteiger partial charge in [0.25, 0.3) is 0 Å². The number of nitrogens with zero attached hydrogens (tertiary/aromatic N) is 3. The van der Waals surface area contributed by atoms with Crippen LogP contribution in [0.15, 0.2) is 35.4 Å². The number of rotatable bonds is 5. The molecule has 1 fully saturated rings. The Morgan fingerprint density at radius 1 is 1.48 bits per heavy atom. The Labute approximate surface area is 137 Å². The highest BCUT2D eigenvalue weighted by molar-refractivity contribution is 7.99. The maximum Gasteiger partial charge on any atom is 0.338 e. The Balaban J connectivity index is 2.24. The summed E-state index contributed by atoms with van der Waals surface area (Å²) in [7, 11) is 0. The predicted molar refractivity (Wildman–Crippen MR) is 83.8 cm³/mol. The van der Waals surface area contributed by atoms with Crippen LogP contribution in [0.5, 0.6) is 0 Å². The third-order valence-electron chi connectivity index (χ3n) is 3.49. The summed E-state index contributed by atoms with van der Waals surface area (Å²) < 4.78 is 10.9. The summed E-state index contributed by atoms with van der Waals surface area (Å²) in [5, 5.41) is 23.0. The first-order chi connectivity index (χ1) is 11.1. The molecule has 0 radical (unpaired) electrons. The van der Waals surface area contributed by atoms with Crippen molar-refractivity contribution in [3.05, 3.63) is 46.3 Å². The molecule has 23 heavy (non-hydrogen) atoms. The van der Waals surface area contributed by atoms with Gasteiger partial charge in [0.15, 0.2) is 0 Å². The fourth-order valence-corrected chi connectivity index (χ4v) is 3.07. The molecule has 0 aliphatic carbocycles. The zero-order valence-electron chi connectivity index (χ0n) is 12.3. The van der Waals surface area contributed by atoms with Crippen LogP contribution in [0.4, 0.5) is 0 Å². The summed E-state index contributed by atoms with van der Waals surface area (Å²) >= 11 is 1.24. The van der Waals surface area contributed by atoms with Crippen molar-refractivity contribution < 1.29 is 24.5 Å². The molecule has 1 aromatic rings. The molecule has 5 atom stereocenters.